The van der Waals surface area contributed by atoms with Crippen LogP contribution < -0.4 is 0 Å². The maximum atomic E-state index is 8.07. The van der Waals surface area contributed by atoms with Crippen LogP contribution in [0.25, 0.3) is 0 Å². The second kappa shape index (κ2) is 15.7. The average Bonchev–Trinajstić information content (AvgIpc) is 2.25. The number of halogens is 1. The van der Waals surface area contributed by atoms with E-state index in [4.69, 9.17) is 16.7 Å². The van der Waals surface area contributed by atoms with E-state index in [9.17, 15) is 0 Å². The van der Waals surface area contributed by atoms with Crippen molar-refractivity contribution >= 4 is 11.6 Å². The van der Waals surface area contributed by atoms with Crippen molar-refractivity contribution in [2.24, 2.45) is 5.92 Å². The molecule has 17 heavy (non-hydrogen) atoms. The third kappa shape index (κ3) is 21.5. The van der Waals surface area contributed by atoms with Gasteiger partial charge in [0.05, 0.1) is 0 Å². The number of unbranched alkanes of at least 4 members (excludes halogenated alkanes) is 1. The molecular weight excluding hydrogens is 234 g/mol. The van der Waals surface area contributed by atoms with E-state index in [-0.39, 0.29) is 0 Å². The predicted octanol–water partition coefficient (Wildman–Crippen LogP) is 3.31. The first kappa shape index (κ1) is 19.0. The van der Waals surface area contributed by atoms with E-state index in [1.165, 1.54) is 0 Å². The van der Waals surface area contributed by atoms with Crippen molar-refractivity contribution in [3.05, 3.63) is 24.3 Å². The zero-order valence-corrected chi connectivity index (χ0v) is 12.5. The summed E-state index contributed by atoms with van der Waals surface area (Å²) in [6.45, 7) is 5.68. The Morgan fingerprint density at radius 1 is 1.29 bits per heavy atom. The molecule has 0 fully saturated rings. The molecule has 0 aromatic carbocycles. The van der Waals surface area contributed by atoms with Crippen molar-refractivity contribution in [3.8, 4) is 0 Å². The van der Waals surface area contributed by atoms with Gasteiger partial charge in [-0.2, -0.15) is 0 Å². The third-order valence-electron chi connectivity index (χ3n) is 1.94. The Morgan fingerprint density at radius 3 is 2.29 bits per heavy atom. The second-order valence-corrected chi connectivity index (χ2v) is 4.59. The summed E-state index contributed by atoms with van der Waals surface area (Å²) in [4.78, 5) is 2.18. The summed E-state index contributed by atoms with van der Waals surface area (Å²) >= 11 is 5.47. The van der Waals surface area contributed by atoms with E-state index in [1.807, 2.05) is 12.2 Å². The molecule has 0 bridgehead atoms. The summed E-state index contributed by atoms with van der Waals surface area (Å²) in [5.41, 5.74) is 0. The van der Waals surface area contributed by atoms with E-state index >= 15 is 0 Å². The first-order valence-corrected chi connectivity index (χ1v) is 6.76. The lowest BCUT2D eigenvalue weighted by Gasteiger charge is -2.12. The molecule has 0 radical (unpaired) electrons. The number of alkyl halides is 1. The van der Waals surface area contributed by atoms with Crippen molar-refractivity contribution in [1.29, 1.82) is 0 Å². The summed E-state index contributed by atoms with van der Waals surface area (Å²) in [7, 11) is 4.16. The lowest BCUT2D eigenvalue weighted by atomic mass is 10.1. The normalized spacial score (nSPS) is 13.1. The molecule has 0 heterocycles. The Bertz CT molecular complexity index is 189. The van der Waals surface area contributed by atoms with Gasteiger partial charge in [-0.15, -0.1) is 11.6 Å². The summed E-state index contributed by atoms with van der Waals surface area (Å²) in [6, 6.07) is 0. The van der Waals surface area contributed by atoms with Crippen LogP contribution in [-0.2, 0) is 0 Å². The van der Waals surface area contributed by atoms with Crippen LogP contribution in [0, 0.1) is 5.92 Å². The Morgan fingerprint density at radius 2 is 1.94 bits per heavy atom. The van der Waals surface area contributed by atoms with Gasteiger partial charge in [0, 0.05) is 19.0 Å². The van der Waals surface area contributed by atoms with Crippen LogP contribution in [0.4, 0.5) is 0 Å². The minimum absolute atomic E-state index is 0.344. The van der Waals surface area contributed by atoms with E-state index in [0.29, 0.717) is 18.4 Å². The minimum atomic E-state index is 0.344. The Balaban J connectivity index is 0. The molecule has 0 aromatic rings. The largest absolute Gasteiger partial charge is 0.396 e. The number of allylic oxidation sites excluding steroid dienone is 3. The van der Waals surface area contributed by atoms with Crippen molar-refractivity contribution < 1.29 is 5.11 Å². The van der Waals surface area contributed by atoms with Crippen LogP contribution in [0.3, 0.4) is 0 Å². The topological polar surface area (TPSA) is 23.5 Å². The van der Waals surface area contributed by atoms with Crippen LogP contribution in [0.5, 0.6) is 0 Å². The molecule has 0 aliphatic carbocycles. The van der Waals surface area contributed by atoms with Crippen molar-refractivity contribution in [1.82, 2.24) is 4.90 Å². The zero-order chi connectivity index (χ0) is 13.5. The lowest BCUT2D eigenvalue weighted by molar-refractivity contribution is 0.287. The van der Waals surface area contributed by atoms with E-state index < -0.39 is 0 Å². The molecular formula is C14H28ClNO. The maximum absolute atomic E-state index is 8.07. The average molecular weight is 262 g/mol. The van der Waals surface area contributed by atoms with Gasteiger partial charge in [-0.05, 0) is 26.4 Å². The van der Waals surface area contributed by atoms with Crippen LogP contribution in [0.1, 0.15) is 26.7 Å². The Hall–Kier alpha value is -0.310. The fourth-order valence-corrected chi connectivity index (χ4v) is 1.28. The van der Waals surface area contributed by atoms with Crippen molar-refractivity contribution in [2.75, 3.05) is 33.1 Å². The zero-order valence-electron chi connectivity index (χ0n) is 11.7. The Labute approximate surface area is 112 Å². The summed E-state index contributed by atoms with van der Waals surface area (Å²) in [5.74, 6) is 1.19. The predicted molar refractivity (Wildman–Crippen MR) is 78.7 cm³/mol. The molecule has 1 atom stereocenters. The molecule has 0 spiro atoms. The fraction of sp³-hybridized carbons (Fsp3) is 0.714. The summed E-state index contributed by atoms with van der Waals surface area (Å²) < 4.78 is 0. The Kier molecular flexibility index (Phi) is 17.6. The summed E-state index contributed by atoms with van der Waals surface area (Å²) in [6.07, 6.45) is 10.2. The fourth-order valence-electron chi connectivity index (χ4n) is 1.18. The molecule has 0 aliphatic heterocycles. The minimum Gasteiger partial charge on any atom is -0.396 e. The van der Waals surface area contributed by atoms with E-state index in [2.05, 4.69) is 45.0 Å². The number of nitrogens with zero attached hydrogens (tertiary/aromatic N) is 1. The van der Waals surface area contributed by atoms with Gasteiger partial charge in [-0.3, -0.25) is 0 Å². The standard InChI is InChI=1S/C10H18ClN.C4H10O/c1-10(9-12(2)3)7-5-4-6-8-11;1-2-3-4-5/h4-7,10H,8-9H2,1-3H3;5H,2-4H2,1H3/b6-4-,7-5-;. The molecule has 0 amide bonds. The van der Waals surface area contributed by atoms with E-state index in [0.717, 1.165) is 19.4 Å². The monoisotopic (exact) mass is 261 g/mol. The highest BCUT2D eigenvalue weighted by atomic mass is 35.5. The maximum Gasteiger partial charge on any atom is 0.0430 e. The number of aliphatic hydroxyl groups is 1. The van der Waals surface area contributed by atoms with Gasteiger partial charge >= 0.3 is 0 Å². The molecule has 102 valence electrons. The molecule has 1 N–H and O–H groups in total. The molecule has 0 saturated carbocycles. The first-order chi connectivity index (χ1) is 8.08. The quantitative estimate of drug-likeness (QED) is 0.561. The molecule has 1 unspecified atom stereocenters. The van der Waals surface area contributed by atoms with Crippen LogP contribution >= 0.6 is 11.6 Å². The van der Waals surface area contributed by atoms with Crippen LogP contribution in [0.2, 0.25) is 0 Å². The van der Waals surface area contributed by atoms with Gasteiger partial charge in [-0.25, -0.2) is 0 Å². The second-order valence-electron chi connectivity index (χ2n) is 4.28. The van der Waals surface area contributed by atoms with Gasteiger partial charge < -0.3 is 10.0 Å². The third-order valence-corrected chi connectivity index (χ3v) is 2.12. The van der Waals surface area contributed by atoms with Gasteiger partial charge in [-0.1, -0.05) is 44.6 Å². The number of rotatable bonds is 7. The first-order valence-electron chi connectivity index (χ1n) is 6.23. The number of aliphatic hydroxyl groups excluding tert-OH is 1. The summed E-state index contributed by atoms with van der Waals surface area (Å²) in [5, 5.41) is 8.07. The number of hydrogen-bond acceptors (Lipinski definition) is 2. The molecule has 0 aliphatic rings. The van der Waals surface area contributed by atoms with Crippen molar-refractivity contribution in [3.63, 3.8) is 0 Å². The van der Waals surface area contributed by atoms with Gasteiger partial charge in [0.15, 0.2) is 0 Å². The molecule has 3 heteroatoms. The SMILES string of the molecule is CC(/C=C\C=C/CCl)CN(C)C.CCCCO. The molecule has 0 aromatic heterocycles. The molecule has 2 nitrogen and oxygen atoms in total. The van der Waals surface area contributed by atoms with Crippen LogP contribution in [0.15, 0.2) is 24.3 Å². The smallest absolute Gasteiger partial charge is 0.0430 e. The highest BCUT2D eigenvalue weighted by molar-refractivity contribution is 6.18. The van der Waals surface area contributed by atoms with Crippen molar-refractivity contribution in [2.45, 2.75) is 26.7 Å². The number of hydrogen-bond donors (Lipinski definition) is 1. The van der Waals surface area contributed by atoms with Gasteiger partial charge in [0.2, 0.25) is 0 Å². The molecule has 0 rings (SSSR count). The van der Waals surface area contributed by atoms with E-state index in [1.54, 1.807) is 0 Å². The van der Waals surface area contributed by atoms with Crippen LogP contribution in [-0.4, -0.2) is 43.1 Å². The molecule has 0 saturated heterocycles. The highest BCUT2D eigenvalue weighted by Gasteiger charge is 1.96. The lowest BCUT2D eigenvalue weighted by Crippen LogP contribution is -2.18. The van der Waals surface area contributed by atoms with Gasteiger partial charge in [0.25, 0.3) is 0 Å². The highest BCUT2D eigenvalue weighted by Crippen LogP contribution is 1.98. The van der Waals surface area contributed by atoms with Gasteiger partial charge in [0.1, 0.15) is 0 Å².